The van der Waals surface area contributed by atoms with E-state index in [4.69, 9.17) is 4.74 Å². The van der Waals surface area contributed by atoms with Crippen molar-refractivity contribution in [2.45, 2.75) is 77.0 Å². The molecule has 1 fully saturated rings. The molecule has 1 heterocycles. The van der Waals surface area contributed by atoms with E-state index in [2.05, 4.69) is 10.0 Å². The molecule has 1 aromatic carbocycles. The summed E-state index contributed by atoms with van der Waals surface area (Å²) in [5.41, 5.74) is 0.475. The predicted molar refractivity (Wildman–Crippen MR) is 124 cm³/mol. The van der Waals surface area contributed by atoms with Gasteiger partial charge in [0, 0.05) is 18.7 Å². The summed E-state index contributed by atoms with van der Waals surface area (Å²) < 4.78 is 33.4. The van der Waals surface area contributed by atoms with E-state index >= 15 is 0 Å². The van der Waals surface area contributed by atoms with Crippen molar-refractivity contribution in [3.05, 3.63) is 29.8 Å². The number of rotatable bonds is 9. The van der Waals surface area contributed by atoms with Crippen LogP contribution in [0, 0.1) is 12.8 Å². The molecule has 1 aliphatic rings. The minimum absolute atomic E-state index is 0.0902. The van der Waals surface area contributed by atoms with Gasteiger partial charge in [0.05, 0.1) is 17.5 Å². The molecule has 0 spiro atoms. The number of hydrogen-bond donors (Lipinski definition) is 2. The quantitative estimate of drug-likeness (QED) is 0.579. The number of sulfonamides is 1. The molecule has 0 saturated carbocycles. The van der Waals surface area contributed by atoms with Crippen LogP contribution in [-0.4, -0.2) is 62.5 Å². The van der Waals surface area contributed by atoms with Crippen molar-refractivity contribution in [2.75, 3.05) is 19.7 Å². The number of carbonyl (C=O) groups excluding carboxylic acids is 2. The van der Waals surface area contributed by atoms with E-state index in [0.29, 0.717) is 6.61 Å². The van der Waals surface area contributed by atoms with Gasteiger partial charge in [0.25, 0.3) is 0 Å². The number of ether oxygens (including phenoxy) is 1. The molecule has 2 amide bonds. The fourth-order valence-electron chi connectivity index (χ4n) is 3.68. The Morgan fingerprint density at radius 2 is 1.81 bits per heavy atom. The van der Waals surface area contributed by atoms with Gasteiger partial charge in [-0.3, -0.25) is 9.59 Å². The van der Waals surface area contributed by atoms with Crippen molar-refractivity contribution in [2.24, 2.45) is 5.92 Å². The third-order valence-corrected chi connectivity index (χ3v) is 6.64. The molecular formula is C23H37N3O5S. The van der Waals surface area contributed by atoms with Gasteiger partial charge in [-0.15, -0.1) is 0 Å². The third kappa shape index (κ3) is 7.56. The second-order valence-corrected chi connectivity index (χ2v) is 11.5. The van der Waals surface area contributed by atoms with Gasteiger partial charge in [-0.25, -0.2) is 13.1 Å². The normalized spacial score (nSPS) is 17.9. The monoisotopic (exact) mass is 467 g/mol. The minimum Gasteiger partial charge on any atom is -0.376 e. The first kappa shape index (κ1) is 26.3. The maximum atomic E-state index is 13.2. The standard InChI is InChI=1S/C23H37N3O5S/c1-16(2)21(22(28)25-23(4,5)6)26(15-18-8-7-13-31-18)20(27)14-24-32(29,30)19-11-9-17(3)10-12-19/h9-12,16,18,21,24H,7-8,13-15H2,1-6H3,(H,25,28)/t18-,21-/m0/s1. The van der Waals surface area contributed by atoms with Crippen molar-refractivity contribution in [1.29, 1.82) is 0 Å². The number of nitrogens with zero attached hydrogens (tertiary/aromatic N) is 1. The van der Waals surface area contributed by atoms with E-state index in [9.17, 15) is 18.0 Å². The van der Waals surface area contributed by atoms with Gasteiger partial charge >= 0.3 is 0 Å². The van der Waals surface area contributed by atoms with Crippen LogP contribution in [0.15, 0.2) is 29.2 Å². The Morgan fingerprint density at radius 1 is 1.19 bits per heavy atom. The highest BCUT2D eigenvalue weighted by Gasteiger charge is 2.36. The molecule has 1 aliphatic heterocycles. The van der Waals surface area contributed by atoms with Gasteiger partial charge in [-0.1, -0.05) is 31.5 Å². The van der Waals surface area contributed by atoms with Crippen molar-refractivity contribution in [3.63, 3.8) is 0 Å². The van der Waals surface area contributed by atoms with Crippen molar-refractivity contribution >= 4 is 21.8 Å². The fraction of sp³-hybridized carbons (Fsp3) is 0.652. The largest absolute Gasteiger partial charge is 0.376 e. The van der Waals surface area contributed by atoms with E-state index in [1.807, 2.05) is 41.5 Å². The maximum Gasteiger partial charge on any atom is 0.243 e. The van der Waals surface area contributed by atoms with Crippen LogP contribution < -0.4 is 10.0 Å². The Labute approximate surface area is 192 Å². The van der Waals surface area contributed by atoms with Crippen LogP contribution in [0.3, 0.4) is 0 Å². The van der Waals surface area contributed by atoms with E-state index in [0.717, 1.165) is 18.4 Å². The first-order chi connectivity index (χ1) is 14.8. The summed E-state index contributed by atoms with van der Waals surface area (Å²) in [7, 11) is -3.86. The molecule has 2 N–H and O–H groups in total. The summed E-state index contributed by atoms with van der Waals surface area (Å²) >= 11 is 0. The van der Waals surface area contributed by atoms with Gasteiger partial charge in [0.15, 0.2) is 0 Å². The van der Waals surface area contributed by atoms with E-state index in [1.54, 1.807) is 12.1 Å². The maximum absolute atomic E-state index is 13.2. The van der Waals surface area contributed by atoms with E-state index < -0.39 is 34.1 Å². The molecule has 32 heavy (non-hydrogen) atoms. The highest BCUT2D eigenvalue weighted by molar-refractivity contribution is 7.89. The zero-order chi connectivity index (χ0) is 24.1. The van der Waals surface area contributed by atoms with Crippen LogP contribution in [0.4, 0.5) is 0 Å². The van der Waals surface area contributed by atoms with Crippen LogP contribution in [0.25, 0.3) is 0 Å². The summed E-state index contributed by atoms with van der Waals surface area (Å²) in [6.07, 6.45) is 1.52. The van der Waals surface area contributed by atoms with Crippen LogP contribution in [0.5, 0.6) is 0 Å². The summed E-state index contributed by atoms with van der Waals surface area (Å²) in [6, 6.07) is 5.66. The smallest absolute Gasteiger partial charge is 0.243 e. The number of hydrogen-bond acceptors (Lipinski definition) is 5. The lowest BCUT2D eigenvalue weighted by Gasteiger charge is -2.36. The van der Waals surface area contributed by atoms with Crippen LogP contribution >= 0.6 is 0 Å². The summed E-state index contributed by atoms with van der Waals surface area (Å²) in [6.45, 7) is 11.7. The van der Waals surface area contributed by atoms with Gasteiger partial charge in [0.1, 0.15) is 6.04 Å². The summed E-state index contributed by atoms with van der Waals surface area (Å²) in [4.78, 5) is 27.9. The van der Waals surface area contributed by atoms with Gasteiger partial charge in [0.2, 0.25) is 21.8 Å². The molecule has 2 rings (SSSR count). The molecule has 1 saturated heterocycles. The summed E-state index contributed by atoms with van der Waals surface area (Å²) in [5, 5.41) is 2.95. The molecule has 9 heteroatoms. The van der Waals surface area contributed by atoms with Crippen molar-refractivity contribution in [3.8, 4) is 0 Å². The van der Waals surface area contributed by atoms with Gasteiger partial charge in [-0.05, 0) is 58.6 Å². The van der Waals surface area contributed by atoms with Crippen LogP contribution in [0.2, 0.25) is 0 Å². The Bertz CT molecular complexity index is 885. The molecule has 1 aromatic rings. The molecule has 0 aliphatic carbocycles. The second-order valence-electron chi connectivity index (χ2n) is 9.75. The third-order valence-electron chi connectivity index (χ3n) is 5.22. The Morgan fingerprint density at radius 3 is 2.31 bits per heavy atom. The topological polar surface area (TPSA) is 105 Å². The molecule has 0 bridgehead atoms. The number of aryl methyl sites for hydroxylation is 1. The average Bonchev–Trinajstić information content (AvgIpc) is 3.17. The van der Waals surface area contributed by atoms with Crippen LogP contribution in [-0.2, 0) is 24.3 Å². The molecule has 2 atom stereocenters. The zero-order valence-electron chi connectivity index (χ0n) is 20.0. The summed E-state index contributed by atoms with van der Waals surface area (Å²) in [5.74, 6) is -0.893. The Balaban J connectivity index is 2.22. The minimum atomic E-state index is -3.86. The molecule has 8 nitrogen and oxygen atoms in total. The number of amides is 2. The molecule has 0 aromatic heterocycles. The first-order valence-corrected chi connectivity index (χ1v) is 12.6. The number of nitrogens with one attached hydrogen (secondary N) is 2. The van der Waals surface area contributed by atoms with E-state index in [1.165, 1.54) is 17.0 Å². The van der Waals surface area contributed by atoms with Gasteiger partial charge < -0.3 is 15.0 Å². The molecule has 0 radical (unpaired) electrons. The second kappa shape index (κ2) is 10.8. The number of carbonyl (C=O) groups is 2. The average molecular weight is 468 g/mol. The lowest BCUT2D eigenvalue weighted by molar-refractivity contribution is -0.143. The van der Waals surface area contributed by atoms with Crippen molar-refractivity contribution < 1.29 is 22.7 Å². The Hall–Kier alpha value is -1.97. The molecule has 0 unspecified atom stereocenters. The fourth-order valence-corrected chi connectivity index (χ4v) is 4.66. The van der Waals surface area contributed by atoms with Crippen LogP contribution in [0.1, 0.15) is 53.0 Å². The molecular weight excluding hydrogens is 430 g/mol. The highest BCUT2D eigenvalue weighted by atomic mass is 32.2. The highest BCUT2D eigenvalue weighted by Crippen LogP contribution is 2.19. The van der Waals surface area contributed by atoms with Gasteiger partial charge in [-0.2, -0.15) is 0 Å². The Kier molecular flexibility index (Phi) is 8.84. The predicted octanol–water partition coefficient (Wildman–Crippen LogP) is 2.22. The molecule has 180 valence electrons. The number of benzene rings is 1. The van der Waals surface area contributed by atoms with E-state index in [-0.39, 0.29) is 29.4 Å². The first-order valence-electron chi connectivity index (χ1n) is 11.1. The lowest BCUT2D eigenvalue weighted by Crippen LogP contribution is -2.58. The zero-order valence-corrected chi connectivity index (χ0v) is 20.8. The van der Waals surface area contributed by atoms with Crippen molar-refractivity contribution in [1.82, 2.24) is 14.9 Å². The SMILES string of the molecule is Cc1ccc(S(=O)(=O)NCC(=O)N(C[C@@H]2CCCO2)[C@H](C(=O)NC(C)(C)C)C(C)C)cc1. The lowest BCUT2D eigenvalue weighted by atomic mass is 9.98.